The van der Waals surface area contributed by atoms with E-state index in [-0.39, 0.29) is 23.7 Å². The van der Waals surface area contributed by atoms with Gasteiger partial charge < -0.3 is 9.80 Å². The van der Waals surface area contributed by atoms with E-state index in [9.17, 15) is 9.59 Å². The third kappa shape index (κ3) is 3.80. The number of nitrogens with zero attached hydrogens (tertiary/aromatic N) is 4. The van der Waals surface area contributed by atoms with Gasteiger partial charge in [-0.05, 0) is 12.8 Å². The van der Waals surface area contributed by atoms with Gasteiger partial charge in [-0.15, -0.1) is 0 Å². The second kappa shape index (κ2) is 6.69. The Kier molecular flexibility index (Phi) is 4.93. The van der Waals surface area contributed by atoms with Gasteiger partial charge in [0, 0.05) is 26.1 Å². The van der Waals surface area contributed by atoms with Gasteiger partial charge in [-0.2, -0.15) is 5.10 Å². The van der Waals surface area contributed by atoms with E-state index in [2.05, 4.69) is 15.2 Å². The Bertz CT molecular complexity index is 486. The molecule has 1 aliphatic rings. The van der Waals surface area contributed by atoms with Gasteiger partial charge in [0.05, 0.1) is 12.5 Å². The van der Waals surface area contributed by atoms with Crippen LogP contribution in [-0.2, 0) is 16.1 Å². The predicted molar refractivity (Wildman–Crippen MR) is 77.0 cm³/mol. The number of nitrogens with one attached hydrogen (secondary N) is 1. The van der Waals surface area contributed by atoms with E-state index >= 15 is 0 Å². The number of carbonyl (C=O) groups is 2. The fourth-order valence-electron chi connectivity index (χ4n) is 2.67. The zero-order valence-corrected chi connectivity index (χ0v) is 12.9. The van der Waals surface area contributed by atoms with Crippen LogP contribution >= 0.6 is 0 Å². The Hall–Kier alpha value is -1.92. The second-order valence-corrected chi connectivity index (χ2v) is 5.90. The van der Waals surface area contributed by atoms with Crippen LogP contribution < -0.4 is 0 Å². The number of rotatable bonds is 4. The summed E-state index contributed by atoms with van der Waals surface area (Å²) in [6, 6.07) is 0. The SMILES string of the molecule is CC(C)C(=O)N1CCCC(C(=O)N(C)Cc2ncn[nH]2)C1. The first kappa shape index (κ1) is 15.5. The van der Waals surface area contributed by atoms with Crippen molar-refractivity contribution in [2.75, 3.05) is 20.1 Å². The normalized spacial score (nSPS) is 18.9. The standard InChI is InChI=1S/C14H23N5O2/c1-10(2)13(20)19-6-4-5-11(7-19)14(21)18(3)8-12-15-9-16-17-12/h9-11H,4-8H2,1-3H3,(H,15,16,17). The Morgan fingerprint density at radius 2 is 2.29 bits per heavy atom. The third-order valence-corrected chi connectivity index (χ3v) is 3.80. The fourth-order valence-corrected chi connectivity index (χ4v) is 2.67. The molecule has 2 heterocycles. The summed E-state index contributed by atoms with van der Waals surface area (Å²) in [5, 5.41) is 6.52. The highest BCUT2D eigenvalue weighted by Crippen LogP contribution is 2.20. The molecule has 0 saturated carbocycles. The maximum absolute atomic E-state index is 12.5. The van der Waals surface area contributed by atoms with E-state index in [1.54, 1.807) is 11.9 Å². The molecule has 1 fully saturated rings. The van der Waals surface area contributed by atoms with Crippen LogP contribution in [0.4, 0.5) is 0 Å². The Morgan fingerprint density at radius 1 is 1.52 bits per heavy atom. The van der Waals surface area contributed by atoms with Crippen molar-refractivity contribution in [3.63, 3.8) is 0 Å². The van der Waals surface area contributed by atoms with E-state index in [1.165, 1.54) is 6.33 Å². The third-order valence-electron chi connectivity index (χ3n) is 3.80. The van der Waals surface area contributed by atoms with Crippen molar-refractivity contribution in [3.05, 3.63) is 12.2 Å². The molecule has 0 aliphatic carbocycles. The number of aromatic nitrogens is 3. The van der Waals surface area contributed by atoms with E-state index in [1.807, 2.05) is 18.7 Å². The summed E-state index contributed by atoms with van der Waals surface area (Å²) in [5.41, 5.74) is 0. The Balaban J connectivity index is 1.93. The second-order valence-electron chi connectivity index (χ2n) is 5.90. The molecule has 1 aromatic heterocycles. The molecule has 7 heteroatoms. The topological polar surface area (TPSA) is 82.2 Å². The molecule has 1 N–H and O–H groups in total. The molecule has 21 heavy (non-hydrogen) atoms. The molecule has 1 saturated heterocycles. The van der Waals surface area contributed by atoms with Gasteiger partial charge in [-0.3, -0.25) is 14.7 Å². The summed E-state index contributed by atoms with van der Waals surface area (Å²) in [4.78, 5) is 32.0. The minimum Gasteiger partial charge on any atom is -0.342 e. The molecular weight excluding hydrogens is 270 g/mol. The first-order valence-corrected chi connectivity index (χ1v) is 7.37. The molecule has 2 amide bonds. The number of H-pyrrole nitrogens is 1. The number of piperidine rings is 1. The summed E-state index contributed by atoms with van der Waals surface area (Å²) in [6.45, 7) is 5.48. The van der Waals surface area contributed by atoms with Crippen LogP contribution in [0.3, 0.4) is 0 Å². The average Bonchev–Trinajstić information content (AvgIpc) is 2.98. The zero-order chi connectivity index (χ0) is 15.4. The fraction of sp³-hybridized carbons (Fsp3) is 0.714. The molecule has 1 unspecified atom stereocenters. The van der Waals surface area contributed by atoms with Gasteiger partial charge in [0.25, 0.3) is 0 Å². The van der Waals surface area contributed by atoms with Crippen LogP contribution in [0.25, 0.3) is 0 Å². The van der Waals surface area contributed by atoms with E-state index in [0.717, 1.165) is 19.4 Å². The first-order chi connectivity index (χ1) is 9.99. The molecule has 0 aromatic carbocycles. The predicted octanol–water partition coefficient (Wildman–Crippen LogP) is 0.658. The van der Waals surface area contributed by atoms with Crippen LogP contribution in [0.15, 0.2) is 6.33 Å². The zero-order valence-electron chi connectivity index (χ0n) is 12.9. The minimum atomic E-state index is -0.116. The lowest BCUT2D eigenvalue weighted by atomic mass is 9.95. The van der Waals surface area contributed by atoms with Crippen molar-refractivity contribution >= 4 is 11.8 Å². The van der Waals surface area contributed by atoms with Crippen molar-refractivity contribution in [3.8, 4) is 0 Å². The molecule has 1 aliphatic heterocycles. The summed E-state index contributed by atoms with van der Waals surface area (Å²) in [7, 11) is 1.76. The van der Waals surface area contributed by atoms with Crippen molar-refractivity contribution in [2.24, 2.45) is 11.8 Å². The summed E-state index contributed by atoms with van der Waals surface area (Å²) in [5.74, 6) is 0.718. The Morgan fingerprint density at radius 3 is 2.90 bits per heavy atom. The summed E-state index contributed by atoms with van der Waals surface area (Å²) < 4.78 is 0. The van der Waals surface area contributed by atoms with E-state index in [0.29, 0.717) is 18.9 Å². The van der Waals surface area contributed by atoms with Gasteiger partial charge in [0.1, 0.15) is 12.2 Å². The maximum Gasteiger partial charge on any atom is 0.227 e. The lowest BCUT2D eigenvalue weighted by Crippen LogP contribution is -2.46. The maximum atomic E-state index is 12.5. The van der Waals surface area contributed by atoms with Crippen molar-refractivity contribution in [1.82, 2.24) is 25.0 Å². The van der Waals surface area contributed by atoms with Crippen molar-refractivity contribution in [2.45, 2.75) is 33.2 Å². The van der Waals surface area contributed by atoms with E-state index < -0.39 is 0 Å². The highest BCUT2D eigenvalue weighted by molar-refractivity contribution is 5.82. The first-order valence-electron chi connectivity index (χ1n) is 7.37. The smallest absolute Gasteiger partial charge is 0.227 e. The molecule has 7 nitrogen and oxygen atoms in total. The molecule has 116 valence electrons. The number of likely N-dealkylation sites (tertiary alicyclic amines) is 1. The summed E-state index contributed by atoms with van der Waals surface area (Å²) >= 11 is 0. The highest BCUT2D eigenvalue weighted by Gasteiger charge is 2.31. The molecule has 0 bridgehead atoms. The lowest BCUT2D eigenvalue weighted by Gasteiger charge is -2.34. The van der Waals surface area contributed by atoms with Crippen LogP contribution in [0.1, 0.15) is 32.5 Å². The molecular formula is C14H23N5O2. The number of carbonyl (C=O) groups excluding carboxylic acids is 2. The molecule has 1 atom stereocenters. The van der Waals surface area contributed by atoms with Crippen molar-refractivity contribution < 1.29 is 9.59 Å². The van der Waals surface area contributed by atoms with Gasteiger partial charge in [-0.25, -0.2) is 4.98 Å². The summed E-state index contributed by atoms with van der Waals surface area (Å²) in [6.07, 6.45) is 3.14. The van der Waals surface area contributed by atoms with Crippen LogP contribution in [0, 0.1) is 11.8 Å². The molecule has 2 rings (SSSR count). The average molecular weight is 293 g/mol. The monoisotopic (exact) mass is 293 g/mol. The largest absolute Gasteiger partial charge is 0.342 e. The molecule has 1 aromatic rings. The van der Waals surface area contributed by atoms with Gasteiger partial charge in [0.15, 0.2) is 0 Å². The van der Waals surface area contributed by atoms with Gasteiger partial charge in [0.2, 0.25) is 11.8 Å². The van der Waals surface area contributed by atoms with Gasteiger partial charge >= 0.3 is 0 Å². The molecule has 0 spiro atoms. The van der Waals surface area contributed by atoms with Gasteiger partial charge in [-0.1, -0.05) is 13.8 Å². The van der Waals surface area contributed by atoms with Crippen molar-refractivity contribution in [1.29, 1.82) is 0 Å². The minimum absolute atomic E-state index is 0.0224. The highest BCUT2D eigenvalue weighted by atomic mass is 16.2. The number of hydrogen-bond acceptors (Lipinski definition) is 4. The number of aromatic amines is 1. The quantitative estimate of drug-likeness (QED) is 0.884. The Labute approximate surface area is 124 Å². The molecule has 0 radical (unpaired) electrons. The van der Waals surface area contributed by atoms with E-state index in [4.69, 9.17) is 0 Å². The number of hydrogen-bond donors (Lipinski definition) is 1. The number of amides is 2. The van der Waals surface area contributed by atoms with Crippen LogP contribution in [0.5, 0.6) is 0 Å². The van der Waals surface area contributed by atoms with Crippen LogP contribution in [-0.4, -0.2) is 56.9 Å². The lowest BCUT2D eigenvalue weighted by molar-refractivity contribution is -0.142. The van der Waals surface area contributed by atoms with Crippen LogP contribution in [0.2, 0.25) is 0 Å².